The standard InChI is InChI=1S/C22H26FNO3/c1-16-15-24(12-10-22(16,26)11-13-27-2)21(25)18-8-6-17(7-9-18)19-4-3-5-20(23)14-19/h3-9,14,16,26H,10-13,15H2,1-2H3/t16-,22-/m0/s1. The number of hydrogen-bond acceptors (Lipinski definition) is 3. The fourth-order valence-corrected chi connectivity index (χ4v) is 3.66. The van der Waals surface area contributed by atoms with Gasteiger partial charge in [0.15, 0.2) is 0 Å². The van der Waals surface area contributed by atoms with Crippen LogP contribution in [0.4, 0.5) is 4.39 Å². The van der Waals surface area contributed by atoms with E-state index in [1.807, 2.05) is 25.1 Å². The molecule has 1 aliphatic rings. The molecule has 2 aromatic rings. The summed E-state index contributed by atoms with van der Waals surface area (Å²) in [5, 5.41) is 10.8. The summed E-state index contributed by atoms with van der Waals surface area (Å²) < 4.78 is 18.5. The molecule has 0 aromatic heterocycles. The molecule has 1 N–H and O–H groups in total. The van der Waals surface area contributed by atoms with Crippen LogP contribution in [0, 0.1) is 11.7 Å². The third-order valence-corrected chi connectivity index (χ3v) is 5.54. The van der Waals surface area contributed by atoms with Crippen LogP contribution in [0.25, 0.3) is 11.1 Å². The minimum atomic E-state index is -0.784. The maximum Gasteiger partial charge on any atom is 0.253 e. The van der Waals surface area contributed by atoms with Gasteiger partial charge in [0.05, 0.1) is 5.60 Å². The molecule has 27 heavy (non-hydrogen) atoms. The highest BCUT2D eigenvalue weighted by Gasteiger charge is 2.39. The molecule has 0 spiro atoms. The van der Waals surface area contributed by atoms with Crippen molar-refractivity contribution in [2.24, 2.45) is 5.92 Å². The number of nitrogens with zero attached hydrogens (tertiary/aromatic N) is 1. The van der Waals surface area contributed by atoms with Crippen LogP contribution in [0.3, 0.4) is 0 Å². The molecule has 1 saturated heterocycles. The summed E-state index contributed by atoms with van der Waals surface area (Å²) in [6, 6.07) is 13.6. The van der Waals surface area contributed by atoms with Gasteiger partial charge in [0.1, 0.15) is 5.82 Å². The van der Waals surface area contributed by atoms with Gasteiger partial charge in [-0.25, -0.2) is 4.39 Å². The molecule has 2 aromatic carbocycles. The third kappa shape index (κ3) is 4.37. The van der Waals surface area contributed by atoms with Crippen LogP contribution in [0.2, 0.25) is 0 Å². The van der Waals surface area contributed by atoms with Crippen molar-refractivity contribution in [1.82, 2.24) is 4.90 Å². The number of carbonyl (C=O) groups is 1. The van der Waals surface area contributed by atoms with Crippen molar-refractivity contribution in [3.05, 3.63) is 59.9 Å². The second-order valence-electron chi connectivity index (χ2n) is 7.34. The van der Waals surface area contributed by atoms with E-state index >= 15 is 0 Å². The molecular weight excluding hydrogens is 345 g/mol. The molecule has 2 atom stereocenters. The van der Waals surface area contributed by atoms with E-state index in [1.165, 1.54) is 12.1 Å². The van der Waals surface area contributed by atoms with Crippen LogP contribution in [0.5, 0.6) is 0 Å². The summed E-state index contributed by atoms with van der Waals surface area (Å²) in [5.74, 6) is -0.339. The molecule has 0 unspecified atom stereocenters. The second-order valence-corrected chi connectivity index (χ2v) is 7.34. The fraction of sp³-hybridized carbons (Fsp3) is 0.409. The Morgan fingerprint density at radius 2 is 2.00 bits per heavy atom. The number of likely N-dealkylation sites (tertiary alicyclic amines) is 1. The highest BCUT2D eigenvalue weighted by molar-refractivity contribution is 5.94. The average molecular weight is 371 g/mol. The minimum Gasteiger partial charge on any atom is -0.389 e. The third-order valence-electron chi connectivity index (χ3n) is 5.54. The van der Waals surface area contributed by atoms with Crippen molar-refractivity contribution in [1.29, 1.82) is 0 Å². The van der Waals surface area contributed by atoms with E-state index in [2.05, 4.69) is 0 Å². The number of methoxy groups -OCH3 is 1. The van der Waals surface area contributed by atoms with Crippen LogP contribution in [0.1, 0.15) is 30.1 Å². The summed E-state index contributed by atoms with van der Waals surface area (Å²) in [6.45, 7) is 3.53. The van der Waals surface area contributed by atoms with Crippen LogP contribution < -0.4 is 0 Å². The lowest BCUT2D eigenvalue weighted by Crippen LogP contribution is -2.52. The molecule has 0 bridgehead atoms. The van der Waals surface area contributed by atoms with Crippen molar-refractivity contribution in [2.45, 2.75) is 25.4 Å². The SMILES string of the molecule is COCC[C@@]1(O)CCN(C(=O)c2ccc(-c3cccc(F)c3)cc2)C[C@@H]1C. The average Bonchev–Trinajstić information content (AvgIpc) is 2.68. The molecule has 0 radical (unpaired) electrons. The van der Waals surface area contributed by atoms with Crippen LogP contribution in [-0.4, -0.2) is 48.3 Å². The van der Waals surface area contributed by atoms with Gasteiger partial charge in [-0.2, -0.15) is 0 Å². The van der Waals surface area contributed by atoms with Crippen LogP contribution in [0.15, 0.2) is 48.5 Å². The maximum absolute atomic E-state index is 13.4. The molecule has 5 heteroatoms. The number of ether oxygens (including phenoxy) is 1. The summed E-state index contributed by atoms with van der Waals surface area (Å²) in [5.41, 5.74) is 1.47. The second kappa shape index (κ2) is 8.19. The van der Waals surface area contributed by atoms with E-state index in [0.717, 1.165) is 11.1 Å². The Morgan fingerprint density at radius 3 is 2.63 bits per heavy atom. The zero-order valence-electron chi connectivity index (χ0n) is 15.8. The molecule has 1 amide bonds. The van der Waals surface area contributed by atoms with E-state index in [4.69, 9.17) is 4.74 Å². The molecule has 1 aliphatic heterocycles. The molecule has 0 aliphatic carbocycles. The summed E-state index contributed by atoms with van der Waals surface area (Å²) in [7, 11) is 1.63. The predicted octanol–water partition coefficient (Wildman–Crippen LogP) is 3.74. The largest absolute Gasteiger partial charge is 0.389 e. The van der Waals surface area contributed by atoms with E-state index in [0.29, 0.717) is 38.1 Å². The first-order valence-electron chi connectivity index (χ1n) is 9.29. The first kappa shape index (κ1) is 19.5. The number of carbonyl (C=O) groups excluding carboxylic acids is 1. The molecule has 144 valence electrons. The Balaban J connectivity index is 1.68. The van der Waals surface area contributed by atoms with Gasteiger partial charge < -0.3 is 14.7 Å². The summed E-state index contributed by atoms with van der Waals surface area (Å²) in [6.07, 6.45) is 1.12. The number of amides is 1. The quantitative estimate of drug-likeness (QED) is 0.871. The fourth-order valence-electron chi connectivity index (χ4n) is 3.66. The van der Waals surface area contributed by atoms with Gasteiger partial charge in [-0.3, -0.25) is 4.79 Å². The summed E-state index contributed by atoms with van der Waals surface area (Å²) >= 11 is 0. The molecule has 4 nitrogen and oxygen atoms in total. The highest BCUT2D eigenvalue weighted by Crippen LogP contribution is 2.31. The normalized spacial score (nSPS) is 22.7. The Kier molecular flexibility index (Phi) is 5.92. The number of benzene rings is 2. The maximum atomic E-state index is 13.4. The van der Waals surface area contributed by atoms with Crippen LogP contribution >= 0.6 is 0 Å². The summed E-state index contributed by atoms with van der Waals surface area (Å²) in [4.78, 5) is 14.6. The highest BCUT2D eigenvalue weighted by atomic mass is 19.1. The van der Waals surface area contributed by atoms with Crippen molar-refractivity contribution in [3.8, 4) is 11.1 Å². The number of aliphatic hydroxyl groups is 1. The van der Waals surface area contributed by atoms with Crippen molar-refractivity contribution >= 4 is 5.91 Å². The van der Waals surface area contributed by atoms with Gasteiger partial charge in [-0.05, 0) is 48.2 Å². The Hall–Kier alpha value is -2.24. The zero-order chi connectivity index (χ0) is 19.4. The molecular formula is C22H26FNO3. The van der Waals surface area contributed by atoms with E-state index in [-0.39, 0.29) is 17.6 Å². The lowest BCUT2D eigenvalue weighted by atomic mass is 9.79. The Morgan fingerprint density at radius 1 is 1.26 bits per heavy atom. The number of hydrogen-bond donors (Lipinski definition) is 1. The molecule has 3 rings (SSSR count). The lowest BCUT2D eigenvalue weighted by molar-refractivity contribution is -0.0750. The number of halogens is 1. The van der Waals surface area contributed by atoms with E-state index in [9.17, 15) is 14.3 Å². The molecule has 0 saturated carbocycles. The Bertz CT molecular complexity index is 792. The van der Waals surface area contributed by atoms with E-state index in [1.54, 1.807) is 30.2 Å². The van der Waals surface area contributed by atoms with Crippen molar-refractivity contribution < 1.29 is 19.0 Å². The predicted molar refractivity (Wildman–Crippen MR) is 103 cm³/mol. The van der Waals surface area contributed by atoms with Gasteiger partial charge in [-0.15, -0.1) is 0 Å². The first-order valence-corrected chi connectivity index (χ1v) is 9.29. The molecule has 1 heterocycles. The monoisotopic (exact) mass is 371 g/mol. The van der Waals surface area contributed by atoms with Crippen molar-refractivity contribution in [3.63, 3.8) is 0 Å². The van der Waals surface area contributed by atoms with Crippen molar-refractivity contribution in [2.75, 3.05) is 26.8 Å². The smallest absolute Gasteiger partial charge is 0.253 e. The zero-order valence-corrected chi connectivity index (χ0v) is 15.8. The Labute approximate surface area is 159 Å². The number of piperidine rings is 1. The van der Waals surface area contributed by atoms with E-state index < -0.39 is 5.60 Å². The molecule has 1 fully saturated rings. The number of rotatable bonds is 5. The van der Waals surface area contributed by atoms with Gasteiger partial charge in [-0.1, -0.05) is 31.2 Å². The van der Waals surface area contributed by atoms with Gasteiger partial charge in [0, 0.05) is 38.3 Å². The van der Waals surface area contributed by atoms with Gasteiger partial charge >= 0.3 is 0 Å². The topological polar surface area (TPSA) is 49.8 Å². The van der Waals surface area contributed by atoms with Gasteiger partial charge in [0.25, 0.3) is 5.91 Å². The van der Waals surface area contributed by atoms with Crippen LogP contribution in [-0.2, 0) is 4.74 Å². The lowest BCUT2D eigenvalue weighted by Gasteiger charge is -2.43. The first-order chi connectivity index (χ1) is 12.9. The van der Waals surface area contributed by atoms with Gasteiger partial charge in [0.2, 0.25) is 0 Å². The minimum absolute atomic E-state index is 0.0167.